The van der Waals surface area contributed by atoms with Crippen LogP contribution in [-0.4, -0.2) is 9.52 Å². The Labute approximate surface area is 185 Å². The summed E-state index contributed by atoms with van der Waals surface area (Å²) in [5.41, 5.74) is 3.75. The van der Waals surface area contributed by atoms with Gasteiger partial charge in [0.05, 0.1) is 0 Å². The quantitative estimate of drug-likeness (QED) is 0.401. The van der Waals surface area contributed by atoms with Gasteiger partial charge in [0.25, 0.3) is 0 Å². The van der Waals surface area contributed by atoms with Crippen molar-refractivity contribution in [3.63, 3.8) is 0 Å². The van der Waals surface area contributed by atoms with Gasteiger partial charge in [-0.25, -0.2) is 4.39 Å². The summed E-state index contributed by atoms with van der Waals surface area (Å²) in [6.45, 7) is 2.35. The molecule has 2 fully saturated rings. The molecule has 0 N–H and O–H groups in total. The molecule has 2 heteroatoms. The summed E-state index contributed by atoms with van der Waals surface area (Å²) in [6, 6.07) is 19.0. The average molecular weight is 423 g/mol. The van der Waals surface area contributed by atoms with E-state index in [2.05, 4.69) is 31.2 Å². The summed E-state index contributed by atoms with van der Waals surface area (Å²) in [5, 5.41) is 0. The van der Waals surface area contributed by atoms with Crippen LogP contribution in [0.3, 0.4) is 0 Å². The third-order valence-electron chi connectivity index (χ3n) is 8.10. The largest absolute Gasteiger partial charge is 0.207 e. The second-order valence-corrected chi connectivity index (χ2v) is 12.0. The van der Waals surface area contributed by atoms with Crippen LogP contribution in [-0.2, 0) is 6.42 Å². The molecular weight excluding hydrogens is 383 g/mol. The van der Waals surface area contributed by atoms with Crippen molar-refractivity contribution < 1.29 is 4.39 Å². The minimum Gasteiger partial charge on any atom is -0.207 e. The number of halogens is 1. The number of rotatable bonds is 7. The zero-order chi connectivity index (χ0) is 20.8. The Kier molecular flexibility index (Phi) is 7.81. The first-order chi connectivity index (χ1) is 14.7. The van der Waals surface area contributed by atoms with Crippen molar-refractivity contribution >= 4 is 9.52 Å². The monoisotopic (exact) mass is 422 g/mol. The van der Waals surface area contributed by atoms with Crippen molar-refractivity contribution in [3.8, 4) is 11.1 Å². The van der Waals surface area contributed by atoms with Gasteiger partial charge < -0.3 is 0 Å². The van der Waals surface area contributed by atoms with Crippen molar-refractivity contribution in [1.29, 1.82) is 0 Å². The first-order valence-corrected chi connectivity index (χ1v) is 14.6. The van der Waals surface area contributed by atoms with Gasteiger partial charge in [0.15, 0.2) is 0 Å². The van der Waals surface area contributed by atoms with Crippen LogP contribution >= 0.6 is 0 Å². The molecule has 1 saturated heterocycles. The van der Waals surface area contributed by atoms with Crippen LogP contribution in [0.1, 0.15) is 63.9 Å². The standard InChI is InChI=1S/C28H39FSi/c1-2-3-21-6-11-25(12-7-21)28-20-30-19-18-26(28)13-8-22-4-9-23(10-5-22)24-14-16-27(29)17-15-24/h4-5,9-10,14-17,21,25-26,28H,2-3,6-8,11-13,18-20,30H2,1H3. The van der Waals surface area contributed by atoms with Crippen molar-refractivity contribution in [2.75, 3.05) is 0 Å². The molecule has 4 rings (SSSR count). The maximum absolute atomic E-state index is 13.2. The van der Waals surface area contributed by atoms with Crippen LogP contribution < -0.4 is 0 Å². The van der Waals surface area contributed by atoms with Crippen molar-refractivity contribution in [3.05, 3.63) is 59.9 Å². The Morgan fingerprint density at radius 1 is 0.833 bits per heavy atom. The predicted octanol–water partition coefficient (Wildman–Crippen LogP) is 7.67. The molecule has 0 spiro atoms. The van der Waals surface area contributed by atoms with E-state index in [1.807, 2.05) is 12.1 Å². The zero-order valence-electron chi connectivity index (χ0n) is 18.8. The fourth-order valence-corrected chi connectivity index (χ4v) is 8.90. The lowest BCUT2D eigenvalue weighted by atomic mass is 9.69. The van der Waals surface area contributed by atoms with Crippen molar-refractivity contribution in [2.45, 2.75) is 76.8 Å². The third-order valence-corrected chi connectivity index (χ3v) is 10.1. The molecule has 2 aliphatic rings. The Balaban J connectivity index is 1.32. The fourth-order valence-electron chi connectivity index (χ4n) is 6.39. The van der Waals surface area contributed by atoms with Crippen molar-refractivity contribution in [2.24, 2.45) is 23.7 Å². The lowest BCUT2D eigenvalue weighted by molar-refractivity contribution is 0.148. The lowest BCUT2D eigenvalue weighted by Gasteiger charge is -2.40. The number of hydrogen-bond acceptors (Lipinski definition) is 0. The highest BCUT2D eigenvalue weighted by Crippen LogP contribution is 2.44. The molecule has 1 aliphatic carbocycles. The SMILES string of the molecule is CCCC1CCC(C2C[SiH2]CCC2CCc2ccc(-c3ccc(F)cc3)cc2)CC1. The zero-order valence-corrected chi connectivity index (χ0v) is 20.2. The van der Waals surface area contributed by atoms with Gasteiger partial charge in [-0.2, -0.15) is 0 Å². The summed E-state index contributed by atoms with van der Waals surface area (Å²) < 4.78 is 13.2. The van der Waals surface area contributed by atoms with Crippen molar-refractivity contribution in [1.82, 2.24) is 0 Å². The van der Waals surface area contributed by atoms with Crippen LogP contribution in [0.15, 0.2) is 48.5 Å². The highest BCUT2D eigenvalue weighted by molar-refractivity contribution is 6.35. The molecule has 0 nitrogen and oxygen atoms in total. The summed E-state index contributed by atoms with van der Waals surface area (Å²) in [7, 11) is 0.217. The van der Waals surface area contributed by atoms with Gasteiger partial charge in [-0.05, 0) is 78.2 Å². The highest BCUT2D eigenvalue weighted by atomic mass is 28.2. The van der Waals surface area contributed by atoms with E-state index in [9.17, 15) is 4.39 Å². The van der Waals surface area contributed by atoms with Crippen LogP contribution in [0.25, 0.3) is 11.1 Å². The molecule has 0 aromatic heterocycles. The Morgan fingerprint density at radius 2 is 1.50 bits per heavy atom. The van der Waals surface area contributed by atoms with Gasteiger partial charge in [-0.15, -0.1) is 0 Å². The number of hydrogen-bond donors (Lipinski definition) is 0. The van der Waals surface area contributed by atoms with Crippen LogP contribution in [0.5, 0.6) is 0 Å². The molecule has 162 valence electrons. The van der Waals surface area contributed by atoms with E-state index >= 15 is 0 Å². The van der Waals surface area contributed by atoms with Gasteiger partial charge in [0.2, 0.25) is 0 Å². The number of benzene rings is 2. The molecule has 0 bridgehead atoms. The van der Waals surface area contributed by atoms with E-state index < -0.39 is 0 Å². The minimum absolute atomic E-state index is 0.167. The normalized spacial score (nSPS) is 27.9. The van der Waals surface area contributed by atoms with Crippen LogP contribution in [0, 0.1) is 29.5 Å². The first kappa shape index (κ1) is 21.8. The lowest BCUT2D eigenvalue weighted by Crippen LogP contribution is -2.31. The smallest absolute Gasteiger partial charge is 0.123 e. The van der Waals surface area contributed by atoms with E-state index in [0.29, 0.717) is 0 Å². The van der Waals surface area contributed by atoms with E-state index in [-0.39, 0.29) is 15.3 Å². The van der Waals surface area contributed by atoms with Gasteiger partial charge >= 0.3 is 0 Å². The van der Waals surface area contributed by atoms with E-state index in [0.717, 1.165) is 29.2 Å². The molecule has 2 aromatic rings. The van der Waals surface area contributed by atoms with Gasteiger partial charge in [0, 0.05) is 9.52 Å². The molecule has 2 unspecified atom stereocenters. The van der Waals surface area contributed by atoms with Gasteiger partial charge in [-0.1, -0.05) is 87.5 Å². The molecular formula is C28H39FSi. The molecule has 1 aliphatic heterocycles. The Hall–Kier alpha value is -1.41. The Bertz CT molecular complexity index is 758. The third kappa shape index (κ3) is 5.63. The predicted molar refractivity (Wildman–Crippen MR) is 130 cm³/mol. The van der Waals surface area contributed by atoms with Crippen LogP contribution in [0.2, 0.25) is 12.1 Å². The second kappa shape index (κ2) is 10.8. The van der Waals surface area contributed by atoms with Gasteiger partial charge in [-0.3, -0.25) is 0 Å². The summed E-state index contributed by atoms with van der Waals surface area (Å²) in [6.07, 6.45) is 13.0. The summed E-state index contributed by atoms with van der Waals surface area (Å²) in [4.78, 5) is 0. The van der Waals surface area contributed by atoms with Gasteiger partial charge in [0.1, 0.15) is 5.82 Å². The highest BCUT2D eigenvalue weighted by Gasteiger charge is 2.33. The molecule has 2 atom stereocenters. The summed E-state index contributed by atoms with van der Waals surface area (Å²) >= 11 is 0. The Morgan fingerprint density at radius 3 is 2.17 bits per heavy atom. The van der Waals surface area contributed by atoms with Crippen LogP contribution in [0.4, 0.5) is 4.39 Å². The second-order valence-electron chi connectivity index (χ2n) is 10.0. The maximum atomic E-state index is 13.2. The fraction of sp³-hybridized carbons (Fsp3) is 0.571. The maximum Gasteiger partial charge on any atom is 0.123 e. The molecule has 0 amide bonds. The minimum atomic E-state index is -0.167. The number of aryl methyl sites for hydroxylation is 1. The topological polar surface area (TPSA) is 0 Å². The molecule has 2 aromatic carbocycles. The molecule has 1 saturated carbocycles. The van der Waals surface area contributed by atoms with E-state index in [1.165, 1.54) is 68.9 Å². The molecule has 0 radical (unpaired) electrons. The molecule has 30 heavy (non-hydrogen) atoms. The van der Waals surface area contributed by atoms with E-state index in [4.69, 9.17) is 0 Å². The molecule has 1 heterocycles. The first-order valence-electron chi connectivity index (χ1n) is 12.6. The van der Waals surface area contributed by atoms with E-state index in [1.54, 1.807) is 24.2 Å². The summed E-state index contributed by atoms with van der Waals surface area (Å²) in [5.74, 6) is 3.92. The average Bonchev–Trinajstić information content (AvgIpc) is 2.80.